The van der Waals surface area contributed by atoms with Crippen molar-refractivity contribution in [2.45, 2.75) is 37.5 Å². The third-order valence-electron chi connectivity index (χ3n) is 4.88. The molecule has 3 rings (SSSR count). The van der Waals surface area contributed by atoms with Crippen LogP contribution in [-0.2, 0) is 21.8 Å². The molecule has 0 fully saturated rings. The summed E-state index contributed by atoms with van der Waals surface area (Å²) in [6.07, 6.45) is 4.25. The third-order valence-corrected chi connectivity index (χ3v) is 6.61. The van der Waals surface area contributed by atoms with E-state index in [4.69, 9.17) is 10.5 Å². The van der Waals surface area contributed by atoms with Crippen LogP contribution < -0.4 is 0 Å². The number of aromatic nitrogens is 2. The Morgan fingerprint density at radius 3 is 2.14 bits per heavy atom. The molecule has 29 heavy (non-hydrogen) atoms. The number of thiol groups is 2. The van der Waals surface area contributed by atoms with Gasteiger partial charge >= 0.3 is 0 Å². The Morgan fingerprint density at radius 1 is 1.07 bits per heavy atom. The van der Waals surface area contributed by atoms with Crippen LogP contribution in [0.15, 0.2) is 59.5 Å². The first-order valence-corrected chi connectivity index (χ1v) is 12.6. The molecule has 1 heterocycles. The van der Waals surface area contributed by atoms with Crippen molar-refractivity contribution in [3.63, 3.8) is 0 Å². The molecule has 1 aromatic heterocycles. The molecule has 0 bridgehead atoms. The van der Waals surface area contributed by atoms with Gasteiger partial charge in [-0.05, 0) is 30.2 Å². The molecule has 0 amide bonds. The zero-order valence-corrected chi connectivity index (χ0v) is 19.4. The van der Waals surface area contributed by atoms with Gasteiger partial charge in [-0.25, -0.2) is 4.68 Å². The molecule has 0 radical (unpaired) electrons. The van der Waals surface area contributed by atoms with Crippen LogP contribution in [0.4, 0.5) is 0 Å². The average molecular weight is 428 g/mol. The molecule has 2 aromatic carbocycles. The average Bonchev–Trinajstić information content (AvgIpc) is 3.02. The molecule has 0 unspecified atom stereocenters. The molecular weight excluding hydrogens is 398 g/mol. The van der Waals surface area contributed by atoms with Gasteiger partial charge in [0.15, 0.2) is 5.17 Å². The van der Waals surface area contributed by atoms with Gasteiger partial charge in [0.05, 0.1) is 11.4 Å². The predicted molar refractivity (Wildman–Crippen MR) is 127 cm³/mol. The molecule has 0 spiro atoms. The number of benzene rings is 2. The standard InChI is InChI=1S/C23H29N3OS2/c1-23(2,3)21-19(15-16-11-13-18(14-12-16)29(4,5)27)20(25-26(21)22(24)28)17-9-7-6-8-10-17/h6-14,29H,15H2,1-5H3,(H2,24,28). The maximum Gasteiger partial charge on any atom is 0.178 e. The molecular formula is C23H29N3OS2. The molecule has 154 valence electrons. The fourth-order valence-corrected chi connectivity index (χ4v) is 4.56. The van der Waals surface area contributed by atoms with E-state index in [1.165, 1.54) is 0 Å². The van der Waals surface area contributed by atoms with Crippen LogP contribution in [0.25, 0.3) is 11.3 Å². The Morgan fingerprint density at radius 2 is 1.66 bits per heavy atom. The minimum Gasteiger partial charge on any atom is -0.281 e. The number of hydrogen-bond acceptors (Lipinski definition) is 3. The highest BCUT2D eigenvalue weighted by Gasteiger charge is 2.29. The van der Waals surface area contributed by atoms with Gasteiger partial charge in [0.25, 0.3) is 0 Å². The van der Waals surface area contributed by atoms with E-state index in [1.54, 1.807) is 17.2 Å². The minimum absolute atomic E-state index is 0.103. The fraction of sp³-hybridized carbons (Fsp3) is 0.304. The summed E-state index contributed by atoms with van der Waals surface area (Å²) in [5.41, 5.74) is 4.87. The van der Waals surface area contributed by atoms with Crippen molar-refractivity contribution in [1.82, 2.24) is 9.78 Å². The summed E-state index contributed by atoms with van der Waals surface area (Å²) in [5.74, 6) is 0. The minimum atomic E-state index is -2.28. The van der Waals surface area contributed by atoms with Gasteiger partial charge in [-0.3, -0.25) is 9.62 Å². The Labute approximate surface area is 179 Å². The zero-order valence-electron chi connectivity index (χ0n) is 17.6. The van der Waals surface area contributed by atoms with Crippen LogP contribution in [-0.4, -0.2) is 31.7 Å². The fourth-order valence-electron chi connectivity index (χ4n) is 3.55. The molecule has 1 N–H and O–H groups in total. The van der Waals surface area contributed by atoms with E-state index in [0.717, 1.165) is 33.0 Å². The molecule has 0 saturated heterocycles. The lowest BCUT2D eigenvalue weighted by Gasteiger charge is -2.22. The van der Waals surface area contributed by atoms with Gasteiger partial charge in [0.1, 0.15) is 0 Å². The van der Waals surface area contributed by atoms with E-state index < -0.39 is 9.93 Å². The van der Waals surface area contributed by atoms with E-state index in [0.29, 0.717) is 6.42 Å². The van der Waals surface area contributed by atoms with E-state index in [9.17, 15) is 4.21 Å². The highest BCUT2D eigenvalue weighted by molar-refractivity contribution is 8.01. The lowest BCUT2D eigenvalue weighted by Crippen LogP contribution is -2.22. The Kier molecular flexibility index (Phi) is 5.88. The number of nitrogens with zero attached hydrogens (tertiary/aromatic N) is 2. The smallest absolute Gasteiger partial charge is 0.178 e. The second-order valence-corrected chi connectivity index (χ2v) is 12.4. The Balaban J connectivity index is 2.17. The molecule has 0 atom stereocenters. The van der Waals surface area contributed by atoms with E-state index >= 15 is 0 Å². The predicted octanol–water partition coefficient (Wildman–Crippen LogP) is 4.79. The monoisotopic (exact) mass is 427 g/mol. The van der Waals surface area contributed by atoms with Crippen LogP contribution in [0.5, 0.6) is 0 Å². The normalized spacial score (nSPS) is 12.8. The molecule has 3 aromatic rings. The Hall–Kier alpha value is -2.18. The van der Waals surface area contributed by atoms with Crippen LogP contribution in [0.1, 0.15) is 37.6 Å². The highest BCUT2D eigenvalue weighted by Crippen LogP contribution is 2.35. The summed E-state index contributed by atoms with van der Waals surface area (Å²) >= 11 is 4.29. The van der Waals surface area contributed by atoms with Gasteiger partial charge in [-0.1, -0.05) is 73.2 Å². The van der Waals surface area contributed by atoms with Gasteiger partial charge in [0.2, 0.25) is 0 Å². The van der Waals surface area contributed by atoms with Crippen molar-refractivity contribution < 1.29 is 4.21 Å². The van der Waals surface area contributed by atoms with Gasteiger partial charge in [-0.15, -0.1) is 12.6 Å². The van der Waals surface area contributed by atoms with Crippen molar-refractivity contribution in [2.75, 3.05) is 12.5 Å². The number of hydrogen-bond donors (Lipinski definition) is 3. The molecule has 4 nitrogen and oxygen atoms in total. The van der Waals surface area contributed by atoms with Crippen molar-refractivity contribution >= 4 is 27.7 Å². The first-order valence-electron chi connectivity index (χ1n) is 9.58. The summed E-state index contributed by atoms with van der Waals surface area (Å²) in [7, 11) is -2.28. The first-order chi connectivity index (χ1) is 13.5. The topological polar surface area (TPSA) is 58.7 Å². The van der Waals surface area contributed by atoms with Gasteiger partial charge < -0.3 is 0 Å². The SMILES string of the molecule is CC(C)(C)c1c(Cc2ccc([SH](C)(C)=O)cc2)c(-c2ccccc2)nn1C(=N)S. The quantitative estimate of drug-likeness (QED) is 0.319. The molecule has 0 aliphatic carbocycles. The van der Waals surface area contributed by atoms with Gasteiger partial charge in [-0.2, -0.15) is 5.10 Å². The van der Waals surface area contributed by atoms with Gasteiger partial charge in [0, 0.05) is 27.9 Å². The third kappa shape index (κ3) is 4.70. The summed E-state index contributed by atoms with van der Waals surface area (Å²) in [4.78, 5) is 0.883. The Bertz CT molecular complexity index is 1070. The first kappa shape index (κ1) is 21.5. The van der Waals surface area contributed by atoms with E-state index in [2.05, 4.69) is 33.4 Å². The molecule has 0 saturated carbocycles. The largest absolute Gasteiger partial charge is 0.281 e. The van der Waals surface area contributed by atoms with Crippen molar-refractivity contribution in [2.24, 2.45) is 0 Å². The zero-order chi connectivity index (χ0) is 21.4. The summed E-state index contributed by atoms with van der Waals surface area (Å²) in [6.45, 7) is 6.38. The summed E-state index contributed by atoms with van der Waals surface area (Å²) in [5, 5.41) is 13.0. The van der Waals surface area contributed by atoms with E-state index in [-0.39, 0.29) is 10.6 Å². The van der Waals surface area contributed by atoms with Crippen molar-refractivity contribution in [3.05, 3.63) is 71.4 Å². The van der Waals surface area contributed by atoms with Crippen LogP contribution in [0, 0.1) is 5.41 Å². The molecule has 0 aliphatic rings. The highest BCUT2D eigenvalue weighted by atomic mass is 32.2. The van der Waals surface area contributed by atoms with E-state index in [1.807, 2.05) is 54.6 Å². The summed E-state index contributed by atoms with van der Waals surface area (Å²) in [6, 6.07) is 18.1. The van der Waals surface area contributed by atoms with Crippen LogP contribution >= 0.6 is 12.6 Å². The maximum atomic E-state index is 12.3. The second-order valence-electron chi connectivity index (χ2n) is 8.72. The lowest BCUT2D eigenvalue weighted by molar-refractivity contribution is 0.547. The number of rotatable bonds is 4. The lowest BCUT2D eigenvalue weighted by atomic mass is 9.85. The maximum absolute atomic E-state index is 12.3. The van der Waals surface area contributed by atoms with Crippen molar-refractivity contribution in [1.29, 1.82) is 5.41 Å². The molecule has 0 aliphatic heterocycles. The van der Waals surface area contributed by atoms with Crippen LogP contribution in [0.2, 0.25) is 0 Å². The van der Waals surface area contributed by atoms with Crippen molar-refractivity contribution in [3.8, 4) is 11.3 Å². The summed E-state index contributed by atoms with van der Waals surface area (Å²) < 4.78 is 14.0. The van der Waals surface area contributed by atoms with Crippen LogP contribution in [0.3, 0.4) is 0 Å². The molecule has 6 heteroatoms. The number of nitrogens with one attached hydrogen (secondary N) is 1. The second kappa shape index (κ2) is 7.92.